The number of aliphatic carboxylic acids is 1. The van der Waals surface area contributed by atoms with Crippen LogP contribution in [-0.2, 0) is 17.8 Å². The first-order valence-corrected chi connectivity index (χ1v) is 10.4. The predicted octanol–water partition coefficient (Wildman–Crippen LogP) is 5.67. The monoisotopic (exact) mass is 417 g/mol. The molecule has 1 saturated carbocycles. The van der Waals surface area contributed by atoms with E-state index in [4.69, 9.17) is 23.2 Å². The third-order valence-electron chi connectivity index (χ3n) is 5.72. The summed E-state index contributed by atoms with van der Waals surface area (Å²) in [5.74, 6) is -0.352. The number of rotatable bonds is 4. The molecule has 1 aromatic heterocycles. The van der Waals surface area contributed by atoms with Gasteiger partial charge in [0, 0.05) is 10.8 Å². The summed E-state index contributed by atoms with van der Waals surface area (Å²) < 4.78 is 1.58. The van der Waals surface area contributed by atoms with Gasteiger partial charge < -0.3 is 9.67 Å². The summed E-state index contributed by atoms with van der Waals surface area (Å²) in [5.41, 5.74) is 1.92. The number of carboxylic acid groups (broad SMARTS) is 1. The van der Waals surface area contributed by atoms with E-state index < -0.39 is 5.97 Å². The quantitative estimate of drug-likeness (QED) is 0.556. The summed E-state index contributed by atoms with van der Waals surface area (Å²) in [7, 11) is 0. The van der Waals surface area contributed by atoms with E-state index in [0.29, 0.717) is 32.7 Å². The van der Waals surface area contributed by atoms with Gasteiger partial charge in [0.15, 0.2) is 5.43 Å². The van der Waals surface area contributed by atoms with Crippen molar-refractivity contribution in [2.75, 3.05) is 0 Å². The van der Waals surface area contributed by atoms with E-state index in [-0.39, 0.29) is 17.0 Å². The van der Waals surface area contributed by atoms with Crippen molar-refractivity contribution in [2.45, 2.75) is 45.1 Å². The molecule has 1 aliphatic rings. The number of hydrogen-bond acceptors (Lipinski definition) is 2. The molecule has 3 aromatic rings. The van der Waals surface area contributed by atoms with Gasteiger partial charge in [-0.1, -0.05) is 61.4 Å². The highest BCUT2D eigenvalue weighted by Gasteiger charge is 2.19. The number of nitrogens with zero attached hydrogens (tertiary/aromatic N) is 1. The zero-order valence-corrected chi connectivity index (χ0v) is 16.9. The summed E-state index contributed by atoms with van der Waals surface area (Å²) >= 11 is 12.5. The molecule has 0 aliphatic heterocycles. The third-order valence-corrected chi connectivity index (χ3v) is 6.52. The molecule has 1 heterocycles. The first-order valence-electron chi connectivity index (χ1n) is 9.60. The maximum atomic E-state index is 13.2. The SMILES string of the molecule is O=C(O)Cn1c2ccc(CC3CCCCC3)cc2c(=O)c2ccc(Cl)c(Cl)c21. The minimum Gasteiger partial charge on any atom is -0.480 e. The van der Waals surface area contributed by atoms with Gasteiger partial charge in [0.05, 0.1) is 21.1 Å². The zero-order chi connectivity index (χ0) is 19.8. The lowest BCUT2D eigenvalue weighted by Crippen LogP contribution is -2.17. The highest BCUT2D eigenvalue weighted by molar-refractivity contribution is 6.45. The van der Waals surface area contributed by atoms with E-state index in [1.807, 2.05) is 18.2 Å². The van der Waals surface area contributed by atoms with Crippen LogP contribution in [0, 0.1) is 5.92 Å². The van der Waals surface area contributed by atoms with Crippen molar-refractivity contribution in [1.29, 1.82) is 0 Å². The van der Waals surface area contributed by atoms with E-state index in [0.717, 1.165) is 12.0 Å². The van der Waals surface area contributed by atoms with Crippen molar-refractivity contribution in [2.24, 2.45) is 5.92 Å². The predicted molar refractivity (Wildman–Crippen MR) is 114 cm³/mol. The lowest BCUT2D eigenvalue weighted by Gasteiger charge is -2.22. The highest BCUT2D eigenvalue weighted by Crippen LogP contribution is 2.33. The van der Waals surface area contributed by atoms with Crippen LogP contribution >= 0.6 is 23.2 Å². The second-order valence-corrected chi connectivity index (χ2v) is 8.41. The van der Waals surface area contributed by atoms with Crippen LogP contribution in [0.25, 0.3) is 21.8 Å². The van der Waals surface area contributed by atoms with Gasteiger partial charge in [0.25, 0.3) is 0 Å². The maximum Gasteiger partial charge on any atom is 0.323 e. The van der Waals surface area contributed by atoms with Gasteiger partial charge in [-0.2, -0.15) is 0 Å². The van der Waals surface area contributed by atoms with Crippen molar-refractivity contribution in [1.82, 2.24) is 4.57 Å². The molecule has 28 heavy (non-hydrogen) atoms. The molecule has 0 spiro atoms. The van der Waals surface area contributed by atoms with Gasteiger partial charge >= 0.3 is 5.97 Å². The average molecular weight is 418 g/mol. The zero-order valence-electron chi connectivity index (χ0n) is 15.4. The Hall–Kier alpha value is -2.04. The third kappa shape index (κ3) is 3.51. The molecule has 4 rings (SSSR count). The van der Waals surface area contributed by atoms with Crippen LogP contribution in [0.5, 0.6) is 0 Å². The van der Waals surface area contributed by atoms with Crippen molar-refractivity contribution in [3.8, 4) is 0 Å². The number of aromatic nitrogens is 1. The molecule has 6 heteroatoms. The van der Waals surface area contributed by atoms with Gasteiger partial charge in [-0.3, -0.25) is 9.59 Å². The van der Waals surface area contributed by atoms with Gasteiger partial charge in [-0.15, -0.1) is 0 Å². The Bertz CT molecular complexity index is 1130. The number of benzene rings is 2. The number of halogens is 2. The van der Waals surface area contributed by atoms with Crippen LogP contribution in [0.3, 0.4) is 0 Å². The van der Waals surface area contributed by atoms with Crippen molar-refractivity contribution >= 4 is 51.0 Å². The molecule has 146 valence electrons. The van der Waals surface area contributed by atoms with Gasteiger partial charge in [-0.25, -0.2) is 0 Å². The summed E-state index contributed by atoms with van der Waals surface area (Å²) in [6.07, 6.45) is 7.26. The molecule has 0 amide bonds. The Kier molecular flexibility index (Phi) is 5.35. The van der Waals surface area contributed by atoms with Crippen molar-refractivity contribution < 1.29 is 9.90 Å². The second-order valence-electron chi connectivity index (χ2n) is 7.63. The molecule has 0 unspecified atom stereocenters. The lowest BCUT2D eigenvalue weighted by atomic mass is 9.84. The summed E-state index contributed by atoms with van der Waals surface area (Å²) in [5, 5.41) is 10.8. The Morgan fingerprint density at radius 3 is 2.54 bits per heavy atom. The number of hydrogen-bond donors (Lipinski definition) is 1. The van der Waals surface area contributed by atoms with E-state index in [1.54, 1.807) is 16.7 Å². The highest BCUT2D eigenvalue weighted by atomic mass is 35.5. The number of carboxylic acids is 1. The Labute approximate surface area is 172 Å². The number of pyridine rings is 1. The number of fused-ring (bicyclic) bond motifs is 2. The summed E-state index contributed by atoms with van der Waals surface area (Å²) in [6, 6.07) is 8.97. The minimum absolute atomic E-state index is 0.143. The topological polar surface area (TPSA) is 59.3 Å². The maximum absolute atomic E-state index is 13.2. The molecule has 1 N–H and O–H groups in total. The van der Waals surface area contributed by atoms with E-state index in [2.05, 4.69) is 0 Å². The Balaban J connectivity index is 1.93. The van der Waals surface area contributed by atoms with E-state index in [9.17, 15) is 14.7 Å². The molecule has 4 nitrogen and oxygen atoms in total. The van der Waals surface area contributed by atoms with Gasteiger partial charge in [-0.05, 0) is 42.2 Å². The van der Waals surface area contributed by atoms with Crippen LogP contribution in [0.15, 0.2) is 35.1 Å². The molecule has 0 radical (unpaired) electrons. The molecule has 2 aromatic carbocycles. The van der Waals surface area contributed by atoms with Crippen LogP contribution in [0.1, 0.15) is 37.7 Å². The fraction of sp³-hybridized carbons (Fsp3) is 0.364. The minimum atomic E-state index is -1.01. The Morgan fingerprint density at radius 2 is 1.82 bits per heavy atom. The fourth-order valence-corrected chi connectivity index (χ4v) is 4.82. The van der Waals surface area contributed by atoms with Crippen LogP contribution in [-0.4, -0.2) is 15.6 Å². The molecule has 1 aliphatic carbocycles. The normalized spacial score (nSPS) is 15.4. The first-order chi connectivity index (χ1) is 13.5. The summed E-state index contributed by atoms with van der Waals surface area (Å²) in [6.45, 7) is -0.296. The Morgan fingerprint density at radius 1 is 1.07 bits per heavy atom. The average Bonchev–Trinajstić information content (AvgIpc) is 2.68. The van der Waals surface area contributed by atoms with E-state index >= 15 is 0 Å². The first kappa shape index (κ1) is 19.3. The second kappa shape index (κ2) is 7.76. The van der Waals surface area contributed by atoms with Crippen molar-refractivity contribution in [3.63, 3.8) is 0 Å². The standard InChI is InChI=1S/C22H21Cl2NO3/c23-17-8-7-15-21(20(17)24)25(12-19(26)27)18-9-6-14(11-16(18)22(15)28)10-13-4-2-1-3-5-13/h6-9,11,13H,1-5,10,12H2,(H,26,27). The smallest absolute Gasteiger partial charge is 0.323 e. The largest absolute Gasteiger partial charge is 0.480 e. The van der Waals surface area contributed by atoms with Crippen LogP contribution < -0.4 is 5.43 Å². The molecule has 0 saturated heterocycles. The molecular weight excluding hydrogens is 397 g/mol. The summed E-state index contributed by atoms with van der Waals surface area (Å²) in [4.78, 5) is 24.7. The molecule has 0 atom stereocenters. The molecule has 0 bridgehead atoms. The van der Waals surface area contributed by atoms with E-state index in [1.165, 1.54) is 32.1 Å². The van der Waals surface area contributed by atoms with Crippen molar-refractivity contribution in [3.05, 3.63) is 56.2 Å². The lowest BCUT2D eigenvalue weighted by molar-refractivity contribution is -0.137. The molecule has 1 fully saturated rings. The molecular formula is C22H21Cl2NO3. The fourth-order valence-electron chi connectivity index (χ4n) is 4.40. The number of carbonyl (C=O) groups is 1. The van der Waals surface area contributed by atoms with Crippen LogP contribution in [0.2, 0.25) is 10.0 Å². The van der Waals surface area contributed by atoms with Gasteiger partial charge in [0.2, 0.25) is 0 Å². The van der Waals surface area contributed by atoms with Gasteiger partial charge in [0.1, 0.15) is 6.54 Å². The van der Waals surface area contributed by atoms with Crippen LogP contribution in [0.4, 0.5) is 0 Å².